The first-order valence-corrected chi connectivity index (χ1v) is 13.3. The van der Waals surface area contributed by atoms with Gasteiger partial charge in [0.25, 0.3) is 0 Å². The molecule has 0 fully saturated rings. The molecule has 0 amide bonds. The number of hydrogen-bond acceptors (Lipinski definition) is 4. The SMILES string of the molecule is COc1ccc(N(c2ccccc2)c2ccc(C=Cc3c4cccc(C#N)c4cc4cccc(C#N)c34)cc2)cc1. The third kappa shape index (κ3) is 4.87. The first-order valence-electron chi connectivity index (χ1n) is 13.3. The van der Waals surface area contributed by atoms with Crippen molar-refractivity contribution in [2.45, 2.75) is 0 Å². The minimum Gasteiger partial charge on any atom is -0.497 e. The Hall–Kier alpha value is -5.84. The third-order valence-electron chi connectivity index (χ3n) is 7.24. The number of rotatable bonds is 6. The normalized spacial score (nSPS) is 10.9. The summed E-state index contributed by atoms with van der Waals surface area (Å²) in [6, 6.07) is 44.8. The summed E-state index contributed by atoms with van der Waals surface area (Å²) in [6.45, 7) is 0. The molecule has 0 radical (unpaired) electrons. The van der Waals surface area contributed by atoms with Gasteiger partial charge in [-0.3, -0.25) is 0 Å². The Morgan fingerprint density at radius 1 is 0.610 bits per heavy atom. The topological polar surface area (TPSA) is 60.0 Å². The van der Waals surface area contributed by atoms with E-state index in [2.05, 4.69) is 65.6 Å². The molecule has 0 heterocycles. The fourth-order valence-corrected chi connectivity index (χ4v) is 5.27. The van der Waals surface area contributed by atoms with Crippen LogP contribution in [0.15, 0.2) is 121 Å². The largest absolute Gasteiger partial charge is 0.497 e. The summed E-state index contributed by atoms with van der Waals surface area (Å²) in [4.78, 5) is 2.20. The fraction of sp³-hybridized carbons (Fsp3) is 0.0270. The average Bonchev–Trinajstić information content (AvgIpc) is 3.04. The Bertz CT molecular complexity index is 1980. The van der Waals surface area contributed by atoms with E-state index in [4.69, 9.17) is 4.74 Å². The fourth-order valence-electron chi connectivity index (χ4n) is 5.27. The van der Waals surface area contributed by atoms with Crippen LogP contribution in [0.3, 0.4) is 0 Å². The quantitative estimate of drug-likeness (QED) is 0.160. The summed E-state index contributed by atoms with van der Waals surface area (Å²) in [5.41, 5.74) is 6.29. The molecule has 0 saturated carbocycles. The number of fused-ring (bicyclic) bond motifs is 2. The van der Waals surface area contributed by atoms with Crippen molar-refractivity contribution in [1.82, 2.24) is 0 Å². The number of methoxy groups -OCH3 is 1. The van der Waals surface area contributed by atoms with Crippen LogP contribution in [0.5, 0.6) is 5.75 Å². The van der Waals surface area contributed by atoms with Crippen molar-refractivity contribution in [2.75, 3.05) is 12.0 Å². The van der Waals surface area contributed by atoms with Crippen LogP contribution in [-0.4, -0.2) is 7.11 Å². The van der Waals surface area contributed by atoms with E-state index in [-0.39, 0.29) is 0 Å². The van der Waals surface area contributed by atoms with Crippen LogP contribution < -0.4 is 9.64 Å². The zero-order chi connectivity index (χ0) is 28.2. The molecular weight excluding hydrogens is 502 g/mol. The second kappa shape index (κ2) is 11.1. The summed E-state index contributed by atoms with van der Waals surface area (Å²) in [5, 5.41) is 23.3. The molecule has 0 aliphatic carbocycles. The first-order chi connectivity index (χ1) is 20.2. The van der Waals surface area contributed by atoms with Gasteiger partial charge in [-0.1, -0.05) is 66.7 Å². The maximum atomic E-state index is 9.88. The Morgan fingerprint density at radius 3 is 1.93 bits per heavy atom. The Balaban J connectivity index is 1.43. The molecule has 6 aromatic carbocycles. The summed E-state index contributed by atoms with van der Waals surface area (Å²) in [5.74, 6) is 0.810. The molecule has 0 saturated heterocycles. The molecule has 0 spiro atoms. The molecule has 41 heavy (non-hydrogen) atoms. The molecule has 4 heteroatoms. The van der Waals surface area contributed by atoms with Crippen LogP contribution >= 0.6 is 0 Å². The van der Waals surface area contributed by atoms with Crippen LogP contribution in [0.1, 0.15) is 22.3 Å². The molecule has 6 rings (SSSR count). The Labute approximate surface area is 239 Å². The lowest BCUT2D eigenvalue weighted by molar-refractivity contribution is 0.415. The van der Waals surface area contributed by atoms with Crippen molar-refractivity contribution in [3.05, 3.63) is 144 Å². The molecule has 6 aromatic rings. The lowest BCUT2D eigenvalue weighted by Crippen LogP contribution is -2.09. The van der Waals surface area contributed by atoms with Gasteiger partial charge >= 0.3 is 0 Å². The molecule has 194 valence electrons. The summed E-state index contributed by atoms with van der Waals surface area (Å²) in [6.07, 6.45) is 4.12. The predicted octanol–water partition coefficient (Wildman–Crippen LogP) is 9.39. The van der Waals surface area contributed by atoms with Gasteiger partial charge in [-0.15, -0.1) is 0 Å². The molecule has 0 unspecified atom stereocenters. The van der Waals surface area contributed by atoms with Gasteiger partial charge in [0.2, 0.25) is 0 Å². The number of hydrogen-bond donors (Lipinski definition) is 0. The van der Waals surface area contributed by atoms with Crippen molar-refractivity contribution < 1.29 is 4.74 Å². The molecule has 0 aliphatic heterocycles. The van der Waals surface area contributed by atoms with E-state index in [1.807, 2.05) is 84.9 Å². The van der Waals surface area contributed by atoms with E-state index in [9.17, 15) is 10.5 Å². The zero-order valence-electron chi connectivity index (χ0n) is 22.5. The Kier molecular flexibility index (Phi) is 6.89. The molecule has 0 atom stereocenters. The molecule has 4 nitrogen and oxygen atoms in total. The van der Waals surface area contributed by atoms with Gasteiger partial charge in [0.05, 0.1) is 30.4 Å². The van der Waals surface area contributed by atoms with Crippen LogP contribution in [0.4, 0.5) is 17.1 Å². The maximum absolute atomic E-state index is 9.88. The molecule has 0 N–H and O–H groups in total. The van der Waals surface area contributed by atoms with E-state index >= 15 is 0 Å². The second-order valence-corrected chi connectivity index (χ2v) is 9.61. The van der Waals surface area contributed by atoms with Crippen molar-refractivity contribution in [1.29, 1.82) is 10.5 Å². The monoisotopic (exact) mass is 527 g/mol. The number of nitrogens with zero attached hydrogens (tertiary/aromatic N) is 3. The smallest absolute Gasteiger partial charge is 0.119 e. The molecule has 0 bridgehead atoms. The lowest BCUT2D eigenvalue weighted by atomic mass is 9.91. The summed E-state index contributed by atoms with van der Waals surface area (Å²) < 4.78 is 5.36. The maximum Gasteiger partial charge on any atom is 0.119 e. The van der Waals surface area contributed by atoms with E-state index in [1.54, 1.807) is 7.11 Å². The zero-order valence-corrected chi connectivity index (χ0v) is 22.5. The molecular formula is C37H25N3O. The standard InChI is InChI=1S/C37H25N3O/c1-41-33-20-18-32(19-21-33)40(30-10-3-2-4-11-30)31-16-13-26(14-17-31)15-22-35-34-12-6-8-28(24-38)36(34)23-27-7-5-9-29(25-39)37(27)35/h2-23H,1H3. The highest BCUT2D eigenvalue weighted by molar-refractivity contribution is 6.11. The van der Waals surface area contributed by atoms with E-state index < -0.39 is 0 Å². The van der Waals surface area contributed by atoms with Gasteiger partial charge in [0, 0.05) is 27.8 Å². The number of benzene rings is 6. The summed E-state index contributed by atoms with van der Waals surface area (Å²) >= 11 is 0. The number of ether oxygens (including phenoxy) is 1. The van der Waals surface area contributed by atoms with Crippen LogP contribution in [0.25, 0.3) is 33.7 Å². The first kappa shape index (κ1) is 25.4. The van der Waals surface area contributed by atoms with Gasteiger partial charge < -0.3 is 9.64 Å². The third-order valence-corrected chi connectivity index (χ3v) is 7.24. The van der Waals surface area contributed by atoms with Crippen LogP contribution in [-0.2, 0) is 0 Å². The van der Waals surface area contributed by atoms with Crippen molar-refractivity contribution in [2.24, 2.45) is 0 Å². The highest BCUT2D eigenvalue weighted by atomic mass is 16.5. The number of para-hydroxylation sites is 1. The highest BCUT2D eigenvalue weighted by Crippen LogP contribution is 2.36. The van der Waals surface area contributed by atoms with Gasteiger partial charge in [0.1, 0.15) is 5.75 Å². The van der Waals surface area contributed by atoms with Gasteiger partial charge in [-0.2, -0.15) is 10.5 Å². The van der Waals surface area contributed by atoms with Crippen molar-refractivity contribution in [3.8, 4) is 17.9 Å². The van der Waals surface area contributed by atoms with Gasteiger partial charge in [-0.25, -0.2) is 0 Å². The highest BCUT2D eigenvalue weighted by Gasteiger charge is 2.14. The second-order valence-electron chi connectivity index (χ2n) is 9.61. The van der Waals surface area contributed by atoms with E-state index in [1.165, 1.54) is 0 Å². The van der Waals surface area contributed by atoms with Gasteiger partial charge in [0.15, 0.2) is 0 Å². The predicted molar refractivity (Wildman–Crippen MR) is 167 cm³/mol. The average molecular weight is 528 g/mol. The number of anilines is 3. The van der Waals surface area contributed by atoms with Crippen molar-refractivity contribution in [3.63, 3.8) is 0 Å². The minimum absolute atomic E-state index is 0.611. The van der Waals surface area contributed by atoms with Crippen LogP contribution in [0, 0.1) is 22.7 Å². The van der Waals surface area contributed by atoms with E-state index in [0.29, 0.717) is 11.1 Å². The van der Waals surface area contributed by atoms with E-state index in [0.717, 1.165) is 55.5 Å². The molecule has 0 aromatic heterocycles. The Morgan fingerprint density at radius 2 is 1.24 bits per heavy atom. The van der Waals surface area contributed by atoms with Crippen LogP contribution in [0.2, 0.25) is 0 Å². The van der Waals surface area contributed by atoms with Crippen molar-refractivity contribution >= 4 is 50.8 Å². The number of nitriles is 2. The minimum atomic E-state index is 0.611. The summed E-state index contributed by atoms with van der Waals surface area (Å²) in [7, 11) is 1.67. The van der Waals surface area contributed by atoms with Gasteiger partial charge in [-0.05, 0) is 88.6 Å². The molecule has 0 aliphatic rings. The lowest BCUT2D eigenvalue weighted by Gasteiger charge is -2.25.